The predicted octanol–water partition coefficient (Wildman–Crippen LogP) is 3.42. The number of carbonyl (C=O) groups is 2. The van der Waals surface area contributed by atoms with Crippen LogP contribution in [-0.4, -0.2) is 38.1 Å². The van der Waals surface area contributed by atoms with Crippen LogP contribution in [0.15, 0.2) is 47.7 Å². The molecule has 2 atom stereocenters. The van der Waals surface area contributed by atoms with Crippen molar-refractivity contribution in [3.63, 3.8) is 0 Å². The Morgan fingerprint density at radius 1 is 0.839 bits per heavy atom. The highest BCUT2D eigenvalue weighted by atomic mass is 16.5. The van der Waals surface area contributed by atoms with Gasteiger partial charge in [-0.1, -0.05) is 12.1 Å². The monoisotopic (exact) mass is 423 g/mol. The van der Waals surface area contributed by atoms with Gasteiger partial charge in [0.05, 0.1) is 21.3 Å². The molecule has 0 saturated heterocycles. The number of hydrogen-bond acceptors (Lipinski definition) is 6. The molecule has 7 heteroatoms. The number of aromatic hydroxyl groups is 1. The number of benzene rings is 2. The molecule has 2 aliphatic rings. The molecular formula is C24H25NO6. The largest absolute Gasteiger partial charge is 0.504 e. The van der Waals surface area contributed by atoms with Crippen LogP contribution in [0.25, 0.3) is 0 Å². The molecule has 2 aromatic carbocycles. The number of hydrogen-bond donors (Lipinski definition) is 2. The van der Waals surface area contributed by atoms with Crippen molar-refractivity contribution in [3.8, 4) is 23.0 Å². The van der Waals surface area contributed by atoms with E-state index in [1.165, 1.54) is 13.2 Å². The van der Waals surface area contributed by atoms with Gasteiger partial charge in [0.1, 0.15) is 0 Å². The molecule has 0 spiro atoms. The van der Waals surface area contributed by atoms with E-state index in [1.54, 1.807) is 26.4 Å². The highest BCUT2D eigenvalue weighted by molar-refractivity contribution is 6.02. The minimum absolute atomic E-state index is 0.0121. The number of methoxy groups -OCH3 is 3. The van der Waals surface area contributed by atoms with E-state index in [-0.39, 0.29) is 35.7 Å². The summed E-state index contributed by atoms with van der Waals surface area (Å²) in [5, 5.41) is 12.8. The van der Waals surface area contributed by atoms with Gasteiger partial charge in [-0.15, -0.1) is 0 Å². The van der Waals surface area contributed by atoms with Gasteiger partial charge >= 0.3 is 0 Å². The molecule has 1 aliphatic heterocycles. The minimum atomic E-state index is -0.364. The van der Waals surface area contributed by atoms with Gasteiger partial charge in [0.25, 0.3) is 0 Å². The van der Waals surface area contributed by atoms with Gasteiger partial charge in [0.15, 0.2) is 28.8 Å². The highest BCUT2D eigenvalue weighted by Gasteiger charge is 2.38. The molecule has 1 amide bonds. The highest BCUT2D eigenvalue weighted by Crippen LogP contribution is 2.44. The van der Waals surface area contributed by atoms with Crippen LogP contribution in [0.2, 0.25) is 0 Å². The van der Waals surface area contributed by atoms with Crippen molar-refractivity contribution in [1.82, 2.24) is 5.32 Å². The topological polar surface area (TPSA) is 94.1 Å². The SMILES string of the molecule is COc1cc([C@@H]2CC(=O)NC3=C2C(=O)C[C@H](c2ccc(OC)c(OC)c2)C3)ccc1O. The Labute approximate surface area is 180 Å². The van der Waals surface area contributed by atoms with Crippen molar-refractivity contribution in [3.05, 3.63) is 58.8 Å². The van der Waals surface area contributed by atoms with Crippen LogP contribution in [0.5, 0.6) is 23.0 Å². The number of amides is 1. The fourth-order valence-corrected chi connectivity index (χ4v) is 4.50. The normalized spacial score (nSPS) is 20.7. The van der Waals surface area contributed by atoms with Gasteiger partial charge < -0.3 is 24.6 Å². The molecule has 7 nitrogen and oxygen atoms in total. The van der Waals surface area contributed by atoms with Crippen LogP contribution in [0, 0.1) is 0 Å². The summed E-state index contributed by atoms with van der Waals surface area (Å²) in [7, 11) is 4.62. The van der Waals surface area contributed by atoms with E-state index in [4.69, 9.17) is 14.2 Å². The molecule has 0 fully saturated rings. The maximum Gasteiger partial charge on any atom is 0.225 e. The molecule has 31 heavy (non-hydrogen) atoms. The summed E-state index contributed by atoms with van der Waals surface area (Å²) < 4.78 is 15.9. The van der Waals surface area contributed by atoms with Crippen molar-refractivity contribution in [2.24, 2.45) is 0 Å². The average Bonchev–Trinajstić information content (AvgIpc) is 2.78. The maximum absolute atomic E-state index is 13.3. The zero-order valence-electron chi connectivity index (χ0n) is 17.7. The lowest BCUT2D eigenvalue weighted by atomic mass is 9.73. The molecule has 0 radical (unpaired) electrons. The Morgan fingerprint density at radius 3 is 2.23 bits per heavy atom. The van der Waals surface area contributed by atoms with E-state index in [2.05, 4.69) is 5.32 Å². The van der Waals surface area contributed by atoms with Crippen LogP contribution in [0.3, 0.4) is 0 Å². The zero-order chi connectivity index (χ0) is 22.1. The zero-order valence-corrected chi connectivity index (χ0v) is 17.7. The molecule has 0 saturated carbocycles. The van der Waals surface area contributed by atoms with Crippen LogP contribution < -0.4 is 19.5 Å². The number of nitrogens with one attached hydrogen (secondary N) is 1. The number of phenolic OH excluding ortho intramolecular Hbond substituents is 1. The Balaban J connectivity index is 1.70. The Hall–Kier alpha value is -3.48. The summed E-state index contributed by atoms with van der Waals surface area (Å²) in [5.41, 5.74) is 3.04. The smallest absolute Gasteiger partial charge is 0.225 e. The first-order valence-corrected chi connectivity index (χ1v) is 10.1. The van der Waals surface area contributed by atoms with E-state index in [0.29, 0.717) is 41.4 Å². The summed E-state index contributed by atoms with van der Waals surface area (Å²) in [5.74, 6) is 1.02. The maximum atomic E-state index is 13.3. The molecule has 0 unspecified atom stereocenters. The van der Waals surface area contributed by atoms with Crippen molar-refractivity contribution < 1.29 is 28.9 Å². The number of phenols is 1. The lowest BCUT2D eigenvalue weighted by Crippen LogP contribution is -2.38. The number of ketones is 1. The molecule has 1 heterocycles. The van der Waals surface area contributed by atoms with Crippen molar-refractivity contribution >= 4 is 11.7 Å². The van der Waals surface area contributed by atoms with Crippen LogP contribution in [-0.2, 0) is 9.59 Å². The van der Waals surface area contributed by atoms with E-state index < -0.39 is 0 Å². The van der Waals surface area contributed by atoms with E-state index in [0.717, 1.165) is 11.1 Å². The van der Waals surface area contributed by atoms with Crippen LogP contribution >= 0.6 is 0 Å². The van der Waals surface area contributed by atoms with Crippen molar-refractivity contribution in [2.45, 2.75) is 31.1 Å². The summed E-state index contributed by atoms with van der Waals surface area (Å²) in [6, 6.07) is 10.6. The van der Waals surface area contributed by atoms with Crippen LogP contribution in [0.1, 0.15) is 42.2 Å². The number of ether oxygens (including phenoxy) is 3. The number of allylic oxidation sites excluding steroid dienone is 2. The number of carbonyl (C=O) groups excluding carboxylic acids is 2. The number of rotatable bonds is 5. The van der Waals surface area contributed by atoms with Gasteiger partial charge in [-0.25, -0.2) is 0 Å². The van der Waals surface area contributed by atoms with Crippen LogP contribution in [0.4, 0.5) is 0 Å². The molecule has 1 aliphatic carbocycles. The second-order valence-corrected chi connectivity index (χ2v) is 7.77. The lowest BCUT2D eigenvalue weighted by Gasteiger charge is -2.34. The predicted molar refractivity (Wildman–Crippen MR) is 114 cm³/mol. The van der Waals surface area contributed by atoms with E-state index >= 15 is 0 Å². The van der Waals surface area contributed by atoms with Gasteiger partial charge in [0, 0.05) is 30.0 Å². The Morgan fingerprint density at radius 2 is 1.52 bits per heavy atom. The van der Waals surface area contributed by atoms with E-state index in [1.807, 2.05) is 18.2 Å². The standard InChI is InChI=1S/C24H25NO6/c1-29-20-7-5-13(10-22(20)31-3)15-8-17-24(19(27)9-15)16(12-23(28)25-17)14-4-6-18(26)21(11-14)30-2/h4-7,10-11,15-16,26H,8-9,12H2,1-3H3,(H,25,28)/t15-,16+/m1/s1. The molecule has 4 rings (SSSR count). The molecule has 2 aromatic rings. The Kier molecular flexibility index (Phi) is 5.59. The summed E-state index contributed by atoms with van der Waals surface area (Å²) >= 11 is 0. The average molecular weight is 423 g/mol. The number of Topliss-reactive ketones (excluding diaryl/α,β-unsaturated/α-hetero) is 1. The fraction of sp³-hybridized carbons (Fsp3) is 0.333. The minimum Gasteiger partial charge on any atom is -0.504 e. The second-order valence-electron chi connectivity index (χ2n) is 7.77. The van der Waals surface area contributed by atoms with Crippen molar-refractivity contribution in [1.29, 1.82) is 0 Å². The molecule has 0 aromatic heterocycles. The molecular weight excluding hydrogens is 398 g/mol. The third-order valence-electron chi connectivity index (χ3n) is 6.02. The van der Waals surface area contributed by atoms with Gasteiger partial charge in [-0.05, 0) is 47.7 Å². The lowest BCUT2D eigenvalue weighted by molar-refractivity contribution is -0.122. The van der Waals surface area contributed by atoms with Gasteiger partial charge in [-0.3, -0.25) is 9.59 Å². The first-order valence-electron chi connectivity index (χ1n) is 10.1. The van der Waals surface area contributed by atoms with E-state index in [9.17, 15) is 14.7 Å². The molecule has 2 N–H and O–H groups in total. The summed E-state index contributed by atoms with van der Waals surface area (Å²) in [6.07, 6.45) is 1.07. The third kappa shape index (κ3) is 3.83. The van der Waals surface area contributed by atoms with Crippen molar-refractivity contribution in [2.75, 3.05) is 21.3 Å². The quantitative estimate of drug-likeness (QED) is 0.765. The Bertz CT molecular complexity index is 1070. The fourth-order valence-electron chi connectivity index (χ4n) is 4.50. The molecule has 0 bridgehead atoms. The molecule has 162 valence electrons. The van der Waals surface area contributed by atoms with Gasteiger partial charge in [-0.2, -0.15) is 0 Å². The third-order valence-corrected chi connectivity index (χ3v) is 6.02. The summed E-state index contributed by atoms with van der Waals surface area (Å²) in [4.78, 5) is 25.7. The first kappa shape index (κ1) is 20.8. The van der Waals surface area contributed by atoms with Gasteiger partial charge in [0.2, 0.25) is 5.91 Å². The first-order chi connectivity index (χ1) is 14.9. The second kappa shape index (κ2) is 8.34. The summed E-state index contributed by atoms with van der Waals surface area (Å²) in [6.45, 7) is 0.